The van der Waals surface area contributed by atoms with Gasteiger partial charge in [0.05, 0.1) is 11.1 Å². The zero-order chi connectivity index (χ0) is 16.4. The Bertz CT molecular complexity index is 742. The summed E-state index contributed by atoms with van der Waals surface area (Å²) < 4.78 is 1.72. The van der Waals surface area contributed by atoms with Crippen molar-refractivity contribution in [2.75, 3.05) is 7.05 Å². The minimum absolute atomic E-state index is 0.00677. The van der Waals surface area contributed by atoms with Crippen molar-refractivity contribution >= 4 is 23.2 Å². The topological polar surface area (TPSA) is 81.3 Å². The van der Waals surface area contributed by atoms with Crippen LogP contribution in [0.2, 0.25) is 5.02 Å². The van der Waals surface area contributed by atoms with Gasteiger partial charge in [-0.05, 0) is 19.1 Å². The fraction of sp³-hybridized carbons (Fsp3) is 0.286. The zero-order valence-corrected chi connectivity index (χ0v) is 13.2. The van der Waals surface area contributed by atoms with Crippen molar-refractivity contribution in [3.8, 4) is 0 Å². The van der Waals surface area contributed by atoms with Crippen LogP contribution in [0.5, 0.6) is 0 Å². The lowest BCUT2D eigenvalue weighted by molar-refractivity contribution is -0.384. The van der Waals surface area contributed by atoms with E-state index in [-0.39, 0.29) is 22.2 Å². The lowest BCUT2D eigenvalue weighted by Crippen LogP contribution is -2.26. The van der Waals surface area contributed by atoms with Gasteiger partial charge in [-0.1, -0.05) is 11.6 Å². The number of aromatic nitrogens is 2. The molecule has 0 aliphatic rings. The van der Waals surface area contributed by atoms with Crippen LogP contribution in [0.1, 0.15) is 21.6 Å². The molecule has 0 aliphatic carbocycles. The quantitative estimate of drug-likeness (QED) is 0.640. The maximum atomic E-state index is 12.4. The van der Waals surface area contributed by atoms with Gasteiger partial charge in [0, 0.05) is 43.5 Å². The number of nitro benzene ring substituents is 1. The molecule has 0 aliphatic heterocycles. The van der Waals surface area contributed by atoms with Crippen LogP contribution in [-0.2, 0) is 13.6 Å². The third-order valence-electron chi connectivity index (χ3n) is 3.48. The molecule has 0 saturated carbocycles. The zero-order valence-electron chi connectivity index (χ0n) is 12.4. The monoisotopic (exact) mass is 322 g/mol. The smallest absolute Gasteiger partial charge is 0.288 e. The number of hydrogen-bond donors (Lipinski definition) is 0. The molecule has 0 spiro atoms. The van der Waals surface area contributed by atoms with Crippen LogP contribution in [0.15, 0.2) is 24.4 Å². The minimum atomic E-state index is -0.607. The Labute approximate surface area is 132 Å². The Morgan fingerprint density at radius 3 is 2.73 bits per heavy atom. The van der Waals surface area contributed by atoms with Gasteiger partial charge in [-0.3, -0.25) is 19.6 Å². The second kappa shape index (κ2) is 6.15. The van der Waals surface area contributed by atoms with Crippen LogP contribution in [0.4, 0.5) is 5.69 Å². The molecule has 1 aromatic carbocycles. The number of benzene rings is 1. The molecular weight excluding hydrogens is 308 g/mol. The maximum Gasteiger partial charge on any atom is 0.288 e. The van der Waals surface area contributed by atoms with Crippen molar-refractivity contribution < 1.29 is 9.72 Å². The van der Waals surface area contributed by atoms with E-state index in [1.54, 1.807) is 17.9 Å². The van der Waals surface area contributed by atoms with E-state index >= 15 is 0 Å². The predicted molar refractivity (Wildman–Crippen MR) is 81.8 cm³/mol. The molecule has 0 atom stereocenters. The predicted octanol–water partition coefficient (Wildman–Crippen LogP) is 2.56. The van der Waals surface area contributed by atoms with Gasteiger partial charge in [-0.15, -0.1) is 0 Å². The lowest BCUT2D eigenvalue weighted by atomic mass is 10.1. The highest BCUT2D eigenvalue weighted by Crippen LogP contribution is 2.25. The van der Waals surface area contributed by atoms with E-state index in [0.29, 0.717) is 6.54 Å². The molecule has 1 heterocycles. The molecule has 8 heteroatoms. The standard InChI is InChI=1S/C14H15ClN4O3/c1-9-11(7-16-18(9)3)8-17(2)14(20)10-4-5-12(15)13(6-10)19(21)22/h4-7H,8H2,1-3H3. The summed E-state index contributed by atoms with van der Waals surface area (Å²) in [6.07, 6.45) is 1.70. The van der Waals surface area contributed by atoms with Gasteiger partial charge in [-0.2, -0.15) is 5.10 Å². The molecule has 2 rings (SSSR count). The molecular formula is C14H15ClN4O3. The molecule has 1 amide bonds. The Kier molecular flexibility index (Phi) is 4.46. The molecule has 0 radical (unpaired) electrons. The van der Waals surface area contributed by atoms with Crippen LogP contribution in [0.3, 0.4) is 0 Å². The fourth-order valence-electron chi connectivity index (χ4n) is 2.03. The van der Waals surface area contributed by atoms with Gasteiger partial charge < -0.3 is 4.90 Å². The van der Waals surface area contributed by atoms with E-state index in [0.717, 1.165) is 11.3 Å². The van der Waals surface area contributed by atoms with E-state index in [9.17, 15) is 14.9 Å². The van der Waals surface area contributed by atoms with E-state index in [1.807, 2.05) is 14.0 Å². The average molecular weight is 323 g/mol. The summed E-state index contributed by atoms with van der Waals surface area (Å²) in [5.74, 6) is -0.317. The van der Waals surface area contributed by atoms with Crippen LogP contribution in [0.25, 0.3) is 0 Å². The van der Waals surface area contributed by atoms with Crippen LogP contribution < -0.4 is 0 Å². The SMILES string of the molecule is Cc1c(CN(C)C(=O)c2ccc(Cl)c([N+](=O)[O-])c2)cnn1C. The number of halogens is 1. The first-order valence-corrected chi connectivity index (χ1v) is 6.86. The van der Waals surface area contributed by atoms with Crippen molar-refractivity contribution in [1.29, 1.82) is 0 Å². The second-order valence-corrected chi connectivity index (χ2v) is 5.37. The van der Waals surface area contributed by atoms with Crippen molar-refractivity contribution in [1.82, 2.24) is 14.7 Å². The first-order chi connectivity index (χ1) is 10.3. The Morgan fingerprint density at radius 1 is 1.50 bits per heavy atom. The fourth-order valence-corrected chi connectivity index (χ4v) is 2.22. The largest absolute Gasteiger partial charge is 0.337 e. The van der Waals surface area contributed by atoms with Crippen molar-refractivity contribution in [3.63, 3.8) is 0 Å². The van der Waals surface area contributed by atoms with Crippen LogP contribution in [0, 0.1) is 17.0 Å². The molecule has 1 aromatic heterocycles. The molecule has 0 saturated heterocycles. The third-order valence-corrected chi connectivity index (χ3v) is 3.80. The highest BCUT2D eigenvalue weighted by molar-refractivity contribution is 6.32. The summed E-state index contributed by atoms with van der Waals surface area (Å²) in [6.45, 7) is 2.28. The highest BCUT2D eigenvalue weighted by Gasteiger charge is 2.19. The molecule has 22 heavy (non-hydrogen) atoms. The Hall–Kier alpha value is -2.41. The summed E-state index contributed by atoms with van der Waals surface area (Å²) in [7, 11) is 3.46. The number of carbonyl (C=O) groups is 1. The van der Waals surface area contributed by atoms with E-state index in [4.69, 9.17) is 11.6 Å². The molecule has 116 valence electrons. The average Bonchev–Trinajstić information content (AvgIpc) is 2.78. The van der Waals surface area contributed by atoms with Gasteiger partial charge in [0.1, 0.15) is 5.02 Å². The number of nitrogens with zero attached hydrogens (tertiary/aromatic N) is 4. The molecule has 2 aromatic rings. The molecule has 7 nitrogen and oxygen atoms in total. The summed E-state index contributed by atoms with van der Waals surface area (Å²) in [4.78, 5) is 24.2. The van der Waals surface area contributed by atoms with Crippen molar-refractivity contribution in [3.05, 3.63) is 56.4 Å². The Balaban J connectivity index is 2.22. The van der Waals surface area contributed by atoms with Gasteiger partial charge >= 0.3 is 0 Å². The molecule has 0 fully saturated rings. The number of amides is 1. The van der Waals surface area contributed by atoms with E-state index in [2.05, 4.69) is 5.10 Å². The summed E-state index contributed by atoms with van der Waals surface area (Å²) in [5, 5.41) is 15.0. The molecule has 0 N–H and O–H groups in total. The first kappa shape index (κ1) is 16.0. The number of carbonyl (C=O) groups excluding carboxylic acids is 1. The summed E-state index contributed by atoms with van der Waals surface area (Å²) in [5.41, 5.74) is 1.82. The van der Waals surface area contributed by atoms with Gasteiger partial charge in [0.15, 0.2) is 0 Å². The van der Waals surface area contributed by atoms with Gasteiger partial charge in [-0.25, -0.2) is 0 Å². The van der Waals surface area contributed by atoms with Crippen LogP contribution in [-0.4, -0.2) is 32.6 Å². The van der Waals surface area contributed by atoms with E-state index in [1.165, 1.54) is 23.1 Å². The number of nitro groups is 1. The maximum absolute atomic E-state index is 12.4. The minimum Gasteiger partial charge on any atom is -0.337 e. The molecule has 0 unspecified atom stereocenters. The second-order valence-electron chi connectivity index (χ2n) is 4.96. The number of hydrogen-bond acceptors (Lipinski definition) is 4. The van der Waals surface area contributed by atoms with Crippen molar-refractivity contribution in [2.24, 2.45) is 7.05 Å². The van der Waals surface area contributed by atoms with E-state index < -0.39 is 4.92 Å². The first-order valence-electron chi connectivity index (χ1n) is 6.48. The van der Waals surface area contributed by atoms with Crippen LogP contribution >= 0.6 is 11.6 Å². The highest BCUT2D eigenvalue weighted by atomic mass is 35.5. The summed E-state index contributed by atoms with van der Waals surface area (Å²) >= 11 is 5.75. The summed E-state index contributed by atoms with van der Waals surface area (Å²) in [6, 6.07) is 4.03. The lowest BCUT2D eigenvalue weighted by Gasteiger charge is -2.17. The van der Waals surface area contributed by atoms with Crippen molar-refractivity contribution in [2.45, 2.75) is 13.5 Å². The number of aryl methyl sites for hydroxylation is 1. The Morgan fingerprint density at radius 2 is 2.18 bits per heavy atom. The molecule has 0 bridgehead atoms. The normalized spacial score (nSPS) is 10.5. The van der Waals surface area contributed by atoms with Gasteiger partial charge in [0.2, 0.25) is 0 Å². The number of rotatable bonds is 4. The third kappa shape index (κ3) is 3.09. The van der Waals surface area contributed by atoms with Gasteiger partial charge in [0.25, 0.3) is 11.6 Å².